The lowest BCUT2D eigenvalue weighted by atomic mass is 10.2. The zero-order chi connectivity index (χ0) is 16.8. The molecule has 0 radical (unpaired) electrons. The van der Waals surface area contributed by atoms with Crippen LogP contribution >= 0.6 is 0 Å². The average Bonchev–Trinajstić information content (AvgIpc) is 3.24. The van der Waals surface area contributed by atoms with Crippen LogP contribution in [0.25, 0.3) is 16.7 Å². The highest BCUT2D eigenvalue weighted by Gasteiger charge is 2.17. The summed E-state index contributed by atoms with van der Waals surface area (Å²) in [6.07, 6.45) is 5.93. The Morgan fingerprint density at radius 2 is 2.12 bits per heavy atom. The minimum Gasteiger partial charge on any atom is -0.265 e. The van der Waals surface area contributed by atoms with Crippen LogP contribution in [-0.4, -0.2) is 44.1 Å². The van der Waals surface area contributed by atoms with Gasteiger partial charge in [-0.25, -0.2) is 14.5 Å². The van der Waals surface area contributed by atoms with Crippen molar-refractivity contribution in [2.45, 2.75) is 19.4 Å². The summed E-state index contributed by atoms with van der Waals surface area (Å²) in [5.41, 5.74) is 1.38. The molecule has 0 amide bonds. The summed E-state index contributed by atoms with van der Waals surface area (Å²) in [5.74, 6) is 0.544. The summed E-state index contributed by atoms with van der Waals surface area (Å²) in [6, 6.07) is 0. The van der Waals surface area contributed by atoms with Crippen LogP contribution in [0, 0.1) is 10.1 Å². The van der Waals surface area contributed by atoms with Gasteiger partial charge in [-0.15, -0.1) is 5.10 Å². The summed E-state index contributed by atoms with van der Waals surface area (Å²) in [4.78, 5) is 19.1. The van der Waals surface area contributed by atoms with E-state index in [2.05, 4.69) is 25.3 Å². The Kier molecular flexibility index (Phi) is 3.01. The van der Waals surface area contributed by atoms with Gasteiger partial charge in [-0.2, -0.15) is 10.2 Å². The van der Waals surface area contributed by atoms with E-state index >= 15 is 0 Å². The van der Waals surface area contributed by atoms with E-state index in [1.807, 2.05) is 14.0 Å². The highest BCUT2D eigenvalue weighted by Crippen LogP contribution is 2.20. The van der Waals surface area contributed by atoms with Crippen LogP contribution in [0.2, 0.25) is 0 Å². The minimum absolute atomic E-state index is 0.0357. The molecule has 0 saturated carbocycles. The van der Waals surface area contributed by atoms with Crippen LogP contribution in [0.3, 0.4) is 0 Å². The molecule has 0 bridgehead atoms. The highest BCUT2D eigenvalue weighted by atomic mass is 16.6. The summed E-state index contributed by atoms with van der Waals surface area (Å²) >= 11 is 0. The Balaban J connectivity index is 1.67. The lowest BCUT2D eigenvalue weighted by Gasteiger charge is -2.06. The van der Waals surface area contributed by atoms with Gasteiger partial charge in [0.2, 0.25) is 0 Å². The zero-order valence-electron chi connectivity index (χ0n) is 12.9. The maximum Gasteiger partial charge on any atom is 0.306 e. The Labute approximate surface area is 134 Å². The van der Waals surface area contributed by atoms with Crippen molar-refractivity contribution >= 4 is 22.4 Å². The molecule has 24 heavy (non-hydrogen) atoms. The number of aromatic nitrogens is 8. The fourth-order valence-corrected chi connectivity index (χ4v) is 2.57. The molecular formula is C13H13N9O2. The standard InChI is InChI=1S/C13H13N9O2/c1-8(5-20-6-9(3-16-20)22(23)24)11-17-13-10-4-15-19(2)12(10)14-7-21(13)18-11/h3-4,6-8H,5H2,1-2H3/t8-/m1/s1. The molecular weight excluding hydrogens is 314 g/mol. The van der Waals surface area contributed by atoms with E-state index in [0.29, 0.717) is 18.0 Å². The molecule has 0 fully saturated rings. The van der Waals surface area contributed by atoms with E-state index < -0.39 is 4.92 Å². The second-order valence-corrected chi connectivity index (χ2v) is 5.57. The van der Waals surface area contributed by atoms with Gasteiger partial charge in [-0.3, -0.25) is 19.5 Å². The van der Waals surface area contributed by atoms with Gasteiger partial charge in [0.25, 0.3) is 0 Å². The molecule has 0 aliphatic carbocycles. The van der Waals surface area contributed by atoms with Crippen LogP contribution in [-0.2, 0) is 13.6 Å². The molecule has 1 atom stereocenters. The van der Waals surface area contributed by atoms with E-state index in [1.165, 1.54) is 17.1 Å². The molecule has 122 valence electrons. The molecule has 0 aliphatic heterocycles. The Bertz CT molecular complexity index is 1060. The minimum atomic E-state index is -0.470. The number of aryl methyl sites for hydroxylation is 1. The third-order valence-corrected chi connectivity index (χ3v) is 3.82. The summed E-state index contributed by atoms with van der Waals surface area (Å²) in [7, 11) is 1.82. The molecule has 0 unspecified atom stereocenters. The maximum absolute atomic E-state index is 10.7. The van der Waals surface area contributed by atoms with Gasteiger partial charge in [-0.1, -0.05) is 6.92 Å². The summed E-state index contributed by atoms with van der Waals surface area (Å²) < 4.78 is 4.81. The normalized spacial score (nSPS) is 12.9. The largest absolute Gasteiger partial charge is 0.306 e. The van der Waals surface area contributed by atoms with Crippen LogP contribution < -0.4 is 0 Å². The Hall–Kier alpha value is -3.37. The number of rotatable bonds is 4. The van der Waals surface area contributed by atoms with Gasteiger partial charge < -0.3 is 0 Å². The van der Waals surface area contributed by atoms with Crippen molar-refractivity contribution in [3.8, 4) is 0 Å². The van der Waals surface area contributed by atoms with Crippen molar-refractivity contribution in [3.05, 3.63) is 40.9 Å². The zero-order valence-corrected chi connectivity index (χ0v) is 12.9. The maximum atomic E-state index is 10.7. The molecule has 4 aromatic heterocycles. The Morgan fingerprint density at radius 3 is 2.88 bits per heavy atom. The SMILES string of the molecule is C[C@H](Cn1cc([N+](=O)[O-])cn1)c1nc2c3cnn(C)c3ncn2n1. The van der Waals surface area contributed by atoms with E-state index in [1.54, 1.807) is 21.7 Å². The van der Waals surface area contributed by atoms with Crippen molar-refractivity contribution in [1.82, 2.24) is 39.1 Å². The molecule has 4 rings (SSSR count). The summed E-state index contributed by atoms with van der Waals surface area (Å²) in [5, 5.41) is 24.2. The fourth-order valence-electron chi connectivity index (χ4n) is 2.57. The fraction of sp³-hybridized carbons (Fsp3) is 0.308. The molecule has 4 heterocycles. The first-order chi connectivity index (χ1) is 11.5. The van der Waals surface area contributed by atoms with Crippen molar-refractivity contribution < 1.29 is 4.92 Å². The number of nitro groups is 1. The molecule has 0 aromatic carbocycles. The third-order valence-electron chi connectivity index (χ3n) is 3.82. The number of hydrogen-bond donors (Lipinski definition) is 0. The van der Waals surface area contributed by atoms with E-state index in [4.69, 9.17) is 0 Å². The van der Waals surface area contributed by atoms with Gasteiger partial charge in [-0.05, 0) is 0 Å². The van der Waals surface area contributed by atoms with Gasteiger partial charge in [0.15, 0.2) is 17.1 Å². The first-order valence-corrected chi connectivity index (χ1v) is 7.23. The number of fused-ring (bicyclic) bond motifs is 3. The highest BCUT2D eigenvalue weighted by molar-refractivity contribution is 5.88. The predicted molar refractivity (Wildman–Crippen MR) is 82.4 cm³/mol. The van der Waals surface area contributed by atoms with E-state index in [0.717, 1.165) is 11.0 Å². The molecule has 4 aromatic rings. The van der Waals surface area contributed by atoms with Crippen molar-refractivity contribution in [3.63, 3.8) is 0 Å². The smallest absolute Gasteiger partial charge is 0.265 e. The molecule has 11 heteroatoms. The number of hydrogen-bond acceptors (Lipinski definition) is 7. The summed E-state index contributed by atoms with van der Waals surface area (Å²) in [6.45, 7) is 2.38. The van der Waals surface area contributed by atoms with E-state index in [9.17, 15) is 10.1 Å². The van der Waals surface area contributed by atoms with Gasteiger partial charge >= 0.3 is 5.69 Å². The molecule has 11 nitrogen and oxygen atoms in total. The van der Waals surface area contributed by atoms with Crippen LogP contribution in [0.5, 0.6) is 0 Å². The van der Waals surface area contributed by atoms with Crippen LogP contribution in [0.15, 0.2) is 24.9 Å². The lowest BCUT2D eigenvalue weighted by molar-refractivity contribution is -0.385. The topological polar surface area (TPSA) is 122 Å². The first-order valence-electron chi connectivity index (χ1n) is 7.23. The van der Waals surface area contributed by atoms with Crippen molar-refractivity contribution in [2.75, 3.05) is 0 Å². The van der Waals surface area contributed by atoms with Gasteiger partial charge in [0, 0.05) is 13.0 Å². The van der Waals surface area contributed by atoms with Crippen molar-refractivity contribution in [1.29, 1.82) is 0 Å². The van der Waals surface area contributed by atoms with Crippen molar-refractivity contribution in [2.24, 2.45) is 7.05 Å². The van der Waals surface area contributed by atoms with Crippen LogP contribution in [0.1, 0.15) is 18.7 Å². The first kappa shape index (κ1) is 14.2. The predicted octanol–water partition coefficient (Wildman–Crippen LogP) is 0.919. The molecule has 0 spiro atoms. The van der Waals surface area contributed by atoms with Gasteiger partial charge in [0.05, 0.1) is 23.1 Å². The molecule has 0 N–H and O–H groups in total. The monoisotopic (exact) mass is 327 g/mol. The second-order valence-electron chi connectivity index (χ2n) is 5.57. The third kappa shape index (κ3) is 2.17. The van der Waals surface area contributed by atoms with Crippen LogP contribution in [0.4, 0.5) is 5.69 Å². The van der Waals surface area contributed by atoms with Gasteiger partial charge in [0.1, 0.15) is 18.7 Å². The second kappa shape index (κ2) is 5.08. The number of nitrogens with zero attached hydrogens (tertiary/aromatic N) is 9. The quantitative estimate of drug-likeness (QED) is 0.403. The molecule has 0 saturated heterocycles. The molecule has 0 aliphatic rings. The van der Waals surface area contributed by atoms with E-state index in [-0.39, 0.29) is 11.6 Å². The Morgan fingerprint density at radius 1 is 1.29 bits per heavy atom. The average molecular weight is 327 g/mol. The lowest BCUT2D eigenvalue weighted by Crippen LogP contribution is -2.08.